The van der Waals surface area contributed by atoms with Gasteiger partial charge in [-0.3, -0.25) is 4.99 Å². The molecule has 218 valence electrons. The van der Waals surface area contributed by atoms with E-state index < -0.39 is 41.0 Å². The van der Waals surface area contributed by atoms with Gasteiger partial charge in [0.2, 0.25) is 0 Å². The molecule has 0 saturated carbocycles. The van der Waals surface area contributed by atoms with Gasteiger partial charge in [0.1, 0.15) is 15.9 Å². The van der Waals surface area contributed by atoms with Crippen LogP contribution >= 0.6 is 7.92 Å². The Bertz CT molecular complexity index is 1280. The monoisotopic (exact) mass is 678 g/mol. The van der Waals surface area contributed by atoms with Gasteiger partial charge in [-0.1, -0.05) is 69.3 Å². The van der Waals surface area contributed by atoms with Gasteiger partial charge in [-0.15, -0.1) is 0 Å². The van der Waals surface area contributed by atoms with Crippen LogP contribution in [0.1, 0.15) is 26.3 Å². The van der Waals surface area contributed by atoms with Crippen molar-refractivity contribution in [3.8, 4) is 0 Å². The number of alkyl halides is 3. The molecule has 3 rings (SSSR count). The third-order valence-corrected chi connectivity index (χ3v) is 8.43. The van der Waals surface area contributed by atoms with Crippen LogP contribution in [0.3, 0.4) is 0 Å². The molecule has 0 fully saturated rings. The first kappa shape index (κ1) is 37.0. The van der Waals surface area contributed by atoms with Crippen molar-refractivity contribution in [1.29, 1.82) is 0 Å². The number of carboxylic acid groups (broad SMARTS) is 1. The Kier molecular flexibility index (Phi) is 14.9. The minimum Gasteiger partial charge on any atom is -0.741 e. The summed E-state index contributed by atoms with van der Waals surface area (Å²) in [6, 6.07) is 28.2. The molecule has 0 heterocycles. The van der Waals surface area contributed by atoms with Crippen LogP contribution in [-0.4, -0.2) is 36.7 Å². The van der Waals surface area contributed by atoms with Crippen molar-refractivity contribution >= 4 is 46.1 Å². The number of hydrogen-bond donors (Lipinski definition) is 0. The van der Waals surface area contributed by atoms with Crippen LogP contribution in [0.4, 0.5) is 13.2 Å². The summed E-state index contributed by atoms with van der Waals surface area (Å²) in [7, 11) is -7.35. The molecule has 0 bridgehead atoms. The minimum atomic E-state index is -6.09. The first-order valence-electron chi connectivity index (χ1n) is 11.0. The summed E-state index contributed by atoms with van der Waals surface area (Å²) < 4.78 is 58.9. The van der Waals surface area contributed by atoms with Crippen LogP contribution in [0.25, 0.3) is 0 Å². The predicted octanol–water partition coefficient (Wildman–Crippen LogP) is 2.81. The second-order valence-electron chi connectivity index (χ2n) is 8.96. The van der Waals surface area contributed by atoms with Crippen molar-refractivity contribution in [1.82, 2.24) is 0 Å². The number of aliphatic imine (C=N–C) groups is 1. The van der Waals surface area contributed by atoms with Crippen molar-refractivity contribution in [2.45, 2.75) is 32.3 Å². The van der Waals surface area contributed by atoms with Gasteiger partial charge < -0.3 is 14.5 Å². The normalized spacial score (nSPS) is 12.5. The number of rotatable bonds is 6. The largest absolute Gasteiger partial charge is 1.00 e. The van der Waals surface area contributed by atoms with E-state index in [4.69, 9.17) is 13.0 Å². The van der Waals surface area contributed by atoms with Crippen LogP contribution in [0.5, 0.6) is 0 Å². The summed E-state index contributed by atoms with van der Waals surface area (Å²) in [6.45, 7) is 5.58. The van der Waals surface area contributed by atoms with E-state index in [1.807, 2.05) is 51.1 Å². The van der Waals surface area contributed by atoms with Crippen molar-refractivity contribution in [2.75, 3.05) is 0 Å². The Morgan fingerprint density at radius 1 is 0.846 bits per heavy atom. The minimum absolute atomic E-state index is 0. The number of carbonyl (C=O) groups excluding carboxylic acids is 1. The molecule has 39 heavy (non-hydrogen) atoms. The Morgan fingerprint density at radius 2 is 1.23 bits per heavy atom. The average molecular weight is 680 g/mol. The molecular formula is C26H26Cu2F3NO5PS+. The van der Waals surface area contributed by atoms with Crippen LogP contribution < -0.4 is 21.0 Å². The molecule has 6 nitrogen and oxygen atoms in total. The summed E-state index contributed by atoms with van der Waals surface area (Å²) in [4.78, 5) is 16.0. The van der Waals surface area contributed by atoms with E-state index >= 15 is 0 Å². The zero-order valence-corrected chi connectivity index (χ0v) is 24.6. The number of nitrogens with zero attached hydrogens (tertiary/aromatic N) is 1. The molecule has 0 unspecified atom stereocenters. The van der Waals surface area contributed by atoms with Gasteiger partial charge in [0.05, 0.1) is 19.9 Å². The zero-order chi connectivity index (χ0) is 27.9. The summed E-state index contributed by atoms with van der Waals surface area (Å²) in [6.07, 6.45) is 1.71. The van der Waals surface area contributed by atoms with Crippen LogP contribution in [0, 0.1) is 5.41 Å². The number of carbonyl (C=O) groups is 1. The molecule has 0 amide bonds. The first-order chi connectivity index (χ1) is 17.1. The molecule has 0 N–H and O–H groups in total. The van der Waals surface area contributed by atoms with Crippen LogP contribution in [0.2, 0.25) is 0 Å². The summed E-state index contributed by atoms with van der Waals surface area (Å²) in [5.41, 5.74) is -5.21. The molecule has 3 aromatic rings. The fourth-order valence-corrected chi connectivity index (χ4v) is 6.02. The summed E-state index contributed by atoms with van der Waals surface area (Å²) in [5.74, 6) is -1.15. The van der Waals surface area contributed by atoms with E-state index in [9.17, 15) is 23.1 Å². The Balaban J connectivity index is 0.00000126. The number of aliphatic carboxylic acids is 1. The molecule has 0 aliphatic heterocycles. The van der Waals surface area contributed by atoms with Gasteiger partial charge in [0.15, 0.2) is 10.1 Å². The maximum atomic E-state index is 11.6. The number of benzene rings is 3. The Labute approximate surface area is 248 Å². The van der Waals surface area contributed by atoms with Gasteiger partial charge in [-0.05, 0) is 41.8 Å². The van der Waals surface area contributed by atoms with Gasteiger partial charge in [0.25, 0.3) is 0 Å². The predicted molar refractivity (Wildman–Crippen MR) is 138 cm³/mol. The maximum absolute atomic E-state index is 11.6. The molecule has 0 aliphatic rings. The molecule has 13 heteroatoms. The van der Waals surface area contributed by atoms with E-state index in [0.29, 0.717) is 0 Å². The Hall–Kier alpha value is -2.03. The average Bonchev–Trinajstić information content (AvgIpc) is 2.80. The standard InChI is InChI=1S/C25H26NO2P.CHF3O3S.2Cu/c1-25(2,3)23(24(27)28)26-18-19-12-10-11-17-22(19)29(20-13-6-4-7-14-20)21-15-8-5-9-16-21;2-1(3,4)8(5,6)7;;/h4-18,23H,1-3H3,(H,27,28);(H,5,6,7);;/q;;2*+1/p-1/t23-;;;/m0.../s1. The topological polar surface area (TPSA) is 110 Å². The third kappa shape index (κ3) is 11.2. The molecule has 1 atom stereocenters. The summed E-state index contributed by atoms with van der Waals surface area (Å²) >= 11 is 0. The van der Waals surface area contributed by atoms with E-state index in [1.165, 1.54) is 15.9 Å². The molecule has 0 aliphatic carbocycles. The number of halogens is 3. The molecule has 0 saturated heterocycles. The van der Waals surface area contributed by atoms with Gasteiger partial charge in [0, 0.05) is 11.8 Å². The molecule has 0 radical (unpaired) electrons. The van der Waals surface area contributed by atoms with Crippen molar-refractivity contribution in [3.63, 3.8) is 0 Å². The van der Waals surface area contributed by atoms with Gasteiger partial charge in [-0.2, -0.15) is 13.2 Å². The Morgan fingerprint density at radius 3 is 1.59 bits per heavy atom. The van der Waals surface area contributed by atoms with Crippen molar-refractivity contribution < 1.29 is 70.2 Å². The van der Waals surface area contributed by atoms with E-state index in [2.05, 4.69) is 59.6 Å². The van der Waals surface area contributed by atoms with Gasteiger partial charge in [-0.25, -0.2) is 8.42 Å². The SMILES string of the molecule is CC(C)(C)[C@@H](N=Cc1ccccc1[PH+](c1ccccc1)c1ccccc1)C(=O)[O-].O=S(=O)([O-])C(F)(F)F.[Cu+].[Cu+]. The van der Waals surface area contributed by atoms with Crippen LogP contribution in [0.15, 0.2) is 89.9 Å². The molecular weight excluding hydrogens is 653 g/mol. The zero-order valence-electron chi connectivity index (χ0n) is 20.9. The van der Waals surface area contributed by atoms with Crippen molar-refractivity contribution in [2.24, 2.45) is 10.4 Å². The first-order valence-corrected chi connectivity index (χ1v) is 13.9. The smallest absolute Gasteiger partial charge is 0.741 e. The van der Waals surface area contributed by atoms with Gasteiger partial charge >= 0.3 is 39.6 Å². The number of hydrogen-bond acceptors (Lipinski definition) is 6. The number of carboxylic acids is 1. The second kappa shape index (κ2) is 15.7. The maximum Gasteiger partial charge on any atom is 1.00 e. The fraction of sp³-hybridized carbons (Fsp3) is 0.231. The quantitative estimate of drug-likeness (QED) is 0.131. The molecule has 0 aromatic heterocycles. The summed E-state index contributed by atoms with van der Waals surface area (Å²) in [5, 5.41) is 15.3. The third-order valence-electron chi connectivity index (χ3n) is 5.04. The van der Waals surface area contributed by atoms with Crippen LogP contribution in [-0.2, 0) is 49.1 Å². The molecule has 3 aromatic carbocycles. The molecule has 0 spiro atoms. The van der Waals surface area contributed by atoms with E-state index in [1.54, 1.807) is 6.21 Å². The fourth-order valence-electron chi connectivity index (χ4n) is 3.32. The second-order valence-corrected chi connectivity index (χ2v) is 12.8. The van der Waals surface area contributed by atoms with Crippen molar-refractivity contribution in [3.05, 3.63) is 90.5 Å². The van der Waals surface area contributed by atoms with E-state index in [0.717, 1.165) is 5.56 Å². The van der Waals surface area contributed by atoms with E-state index in [-0.39, 0.29) is 34.1 Å².